The second-order valence-electron chi connectivity index (χ2n) is 26.9. The molecule has 0 radical (unpaired) electrons. The zero-order chi connectivity index (χ0) is 59.8. The van der Waals surface area contributed by atoms with E-state index in [2.05, 4.69) is 93.3 Å². The summed E-state index contributed by atoms with van der Waals surface area (Å²) in [6.07, 6.45) is 23.2. The predicted octanol–water partition coefficient (Wildman–Crippen LogP) is 9.08. The highest BCUT2D eigenvalue weighted by molar-refractivity contribution is 8.76. The number of ketones is 2. The van der Waals surface area contributed by atoms with E-state index >= 15 is 0 Å². The van der Waals surface area contributed by atoms with Gasteiger partial charge in [0.05, 0.1) is 38.3 Å². The Balaban J connectivity index is 0.898. The van der Waals surface area contributed by atoms with Gasteiger partial charge in [0.15, 0.2) is 23.2 Å². The molecule has 1 unspecified atom stereocenters. The summed E-state index contributed by atoms with van der Waals surface area (Å²) in [6.45, 7) is 5.79. The Morgan fingerprint density at radius 1 is 0.907 bits per heavy atom. The summed E-state index contributed by atoms with van der Waals surface area (Å²) >= 11 is 0. The van der Waals surface area contributed by atoms with E-state index in [4.69, 9.17) is 21.2 Å². The maximum atomic E-state index is 14.6. The molecule has 5 fully saturated rings. The molecule has 13 atom stereocenters. The molecule has 0 amide bonds. The van der Waals surface area contributed by atoms with E-state index in [0.717, 1.165) is 120 Å². The number of aliphatic hydroxyl groups is 2. The van der Waals surface area contributed by atoms with Crippen LogP contribution in [-0.2, 0) is 35.3 Å². The van der Waals surface area contributed by atoms with Crippen molar-refractivity contribution in [1.82, 2.24) is 26.6 Å². The van der Waals surface area contributed by atoms with Crippen molar-refractivity contribution in [3.05, 3.63) is 136 Å². The normalized spacial score (nSPS) is 32.9. The number of aromatic hydroxyl groups is 1. The first-order chi connectivity index (χ1) is 41.8. The summed E-state index contributed by atoms with van der Waals surface area (Å²) < 4.78 is 5.66. The first-order valence-corrected chi connectivity index (χ1v) is 34.9. The van der Waals surface area contributed by atoms with Crippen molar-refractivity contribution >= 4 is 44.7 Å². The number of ether oxygens (including phenoxy) is 1. The predicted molar refractivity (Wildman–Crippen MR) is 349 cm³/mol. The van der Waals surface area contributed by atoms with Crippen molar-refractivity contribution in [1.29, 1.82) is 0 Å². The monoisotopic (exact) mass is 1210 g/mol. The largest absolute Gasteiger partial charge is 0.504 e. The number of methoxy groups -OCH3 is 1. The van der Waals surface area contributed by atoms with Crippen LogP contribution in [0.1, 0.15) is 125 Å². The zero-order valence-electron chi connectivity index (χ0n) is 50.9. The van der Waals surface area contributed by atoms with Gasteiger partial charge in [-0.3, -0.25) is 9.59 Å². The highest BCUT2D eigenvalue weighted by atomic mass is 33.1. The Hall–Kier alpha value is -4.91. The van der Waals surface area contributed by atoms with Crippen LogP contribution in [0.4, 0.5) is 0 Å². The van der Waals surface area contributed by atoms with Gasteiger partial charge in [0.1, 0.15) is 5.78 Å². The molecule has 5 aliphatic heterocycles. The number of carbonyl (C=O) groups is 2. The minimum absolute atomic E-state index is 0.00689. The molecule has 4 aliphatic carbocycles. The van der Waals surface area contributed by atoms with Gasteiger partial charge in [0.2, 0.25) is 0 Å². The molecule has 3 aromatic rings. The van der Waals surface area contributed by atoms with E-state index in [0.29, 0.717) is 102 Å². The Morgan fingerprint density at radius 2 is 1.72 bits per heavy atom. The third-order valence-corrected chi connectivity index (χ3v) is 23.6. The Morgan fingerprint density at radius 3 is 2.53 bits per heavy atom. The Bertz CT molecular complexity index is 3020. The second kappa shape index (κ2) is 28.7. The Kier molecular flexibility index (Phi) is 20.9. The van der Waals surface area contributed by atoms with Gasteiger partial charge in [0, 0.05) is 50.1 Å². The Labute approximate surface area is 519 Å². The summed E-state index contributed by atoms with van der Waals surface area (Å²) in [5.41, 5.74) is 22.3. The third-order valence-electron chi connectivity index (χ3n) is 21.6. The number of aryl methyl sites for hydroxylation is 3. The van der Waals surface area contributed by atoms with Crippen molar-refractivity contribution in [3.8, 4) is 11.5 Å². The lowest BCUT2D eigenvalue weighted by Crippen LogP contribution is -2.57. The fourth-order valence-electron chi connectivity index (χ4n) is 17.9. The fraction of sp³-hybridized carbons (Fsp3) is 0.586. The van der Waals surface area contributed by atoms with Crippen LogP contribution in [0.2, 0.25) is 0 Å². The number of piperidine rings is 1. The SMILES string of the molecule is COc1cc2c(cc1O)CC1=CNC(N)C(=C1CCc1cccc(CCc3ccccc3)c1)CSSCN=C(N)NCC[C@H]1CC[C@]3(C1)[C@@H]1CC[C@@H](CC(=O)CC(=O)/C=C/2CO)C[C@@]1(C[C@H]1[C@@H]2CCNC[C@@H]2C[C@@H]2C=CCN[C@@H]12)C[C@H]3NC[C@H](C)O. The molecule has 7 bridgehead atoms. The number of fused-ring (bicyclic) bond motifs is 14. The van der Waals surface area contributed by atoms with E-state index in [1.165, 1.54) is 42.7 Å². The molecule has 0 aromatic heterocycles. The van der Waals surface area contributed by atoms with Crippen molar-refractivity contribution < 1.29 is 29.6 Å². The molecular formula is C70H96N8O6S2. The van der Waals surface area contributed by atoms with Gasteiger partial charge in [-0.1, -0.05) is 88.3 Å². The molecule has 12 N–H and O–H groups in total. The van der Waals surface area contributed by atoms with Gasteiger partial charge >= 0.3 is 0 Å². The lowest BCUT2D eigenvalue weighted by molar-refractivity contribution is -0.126. The fourth-order valence-corrected chi connectivity index (χ4v) is 19.8. The lowest BCUT2D eigenvalue weighted by Gasteiger charge is -2.55. The number of allylic oxidation sites excluding steroid dienone is 3. The smallest absolute Gasteiger partial charge is 0.189 e. The number of phenols is 1. The third kappa shape index (κ3) is 14.5. The van der Waals surface area contributed by atoms with Gasteiger partial charge in [-0.2, -0.15) is 0 Å². The summed E-state index contributed by atoms with van der Waals surface area (Å²) in [6, 6.07) is 23.5. The van der Waals surface area contributed by atoms with Crippen LogP contribution in [-0.4, -0.2) is 115 Å². The second-order valence-corrected chi connectivity index (χ2v) is 29.4. The van der Waals surface area contributed by atoms with Crippen LogP contribution in [0, 0.1) is 52.3 Å². The highest BCUT2D eigenvalue weighted by Gasteiger charge is 2.65. The van der Waals surface area contributed by atoms with E-state index in [1.54, 1.807) is 33.7 Å². The molecule has 12 rings (SSSR count). The molecule has 16 heteroatoms. The topological polar surface area (TPSA) is 229 Å². The summed E-state index contributed by atoms with van der Waals surface area (Å²) in [5, 5.41) is 52.3. The van der Waals surface area contributed by atoms with Crippen LogP contribution in [0.5, 0.6) is 11.5 Å². The van der Waals surface area contributed by atoms with Gasteiger partial charge < -0.3 is 58.1 Å². The van der Waals surface area contributed by atoms with E-state index < -0.39 is 18.9 Å². The average molecular weight is 1210 g/mol. The van der Waals surface area contributed by atoms with Gasteiger partial charge in [-0.25, -0.2) is 4.99 Å². The van der Waals surface area contributed by atoms with E-state index in [9.17, 15) is 24.9 Å². The van der Waals surface area contributed by atoms with Gasteiger partial charge in [0.25, 0.3) is 0 Å². The lowest BCUT2D eigenvalue weighted by atomic mass is 9.52. The average Bonchev–Trinajstić information content (AvgIpc) is 1.55. The summed E-state index contributed by atoms with van der Waals surface area (Å²) in [4.78, 5) is 33.8. The molecule has 1 spiro atoms. The number of nitrogens with zero attached hydrogens (tertiary/aromatic N) is 1. The molecule has 1 saturated heterocycles. The number of nitrogens with one attached hydrogen (secondary N) is 5. The summed E-state index contributed by atoms with van der Waals surface area (Å²) in [7, 11) is 4.83. The number of nitrogens with two attached hydrogens (primary N) is 2. The first-order valence-electron chi connectivity index (χ1n) is 32.4. The molecular weight excluding hydrogens is 1110 g/mol. The molecule has 14 nitrogen and oxygen atoms in total. The van der Waals surface area contributed by atoms with Gasteiger partial charge in [-0.05, 0) is 243 Å². The highest BCUT2D eigenvalue weighted by Crippen LogP contribution is 2.70. The number of hydrogen-bond acceptors (Lipinski definition) is 16. The minimum atomic E-state index is -0.465. The number of aliphatic imine (C=N–C) groups is 1. The number of Topliss-reactive ketones (excluding diaryl/α,β-unsaturated/α-hetero) is 1. The summed E-state index contributed by atoms with van der Waals surface area (Å²) in [5.74, 6) is 4.77. The molecule has 464 valence electrons. The van der Waals surface area contributed by atoms with Crippen LogP contribution in [0.25, 0.3) is 5.57 Å². The molecule has 9 aliphatic rings. The number of dihydropyridines is 1. The quantitative estimate of drug-likeness (QED) is 0.0437. The van der Waals surface area contributed by atoms with Crippen LogP contribution in [0.3, 0.4) is 0 Å². The minimum Gasteiger partial charge on any atom is -0.504 e. The standard InChI is InChI=1S/C70H96N8O6S2/c1-44(80)38-76-65-37-69(36-60-58-21-24-73-39-52(58)28-50-12-7-23-74-66(50)60)34-49-16-18-64(69)70(65)22-19-48(35-70)20-25-75-68(72)78-43-86-85-42-61-57(17-15-47-11-6-10-46(26-47)14-13-45-8-4-3-5-9-45)53(40-77-67(61)71)29-51-31-62(83)63(84-2)33-59(51)54(41-79)30-56(82)32-55(81)27-49/h3-12,26,30-31,33,40,44,48-50,52,58,60,64-67,73-74,76-77,79-80,83H,13-25,27-29,32,34-39,41-43,71H2,1-2H3,(H3,72,75,78)/b54-30+/t44-,48+,49-,50-,52-,58+,60-,64+,65+,66+,67?,69+,70-/m0/s1. The van der Waals surface area contributed by atoms with E-state index in [-0.39, 0.29) is 52.3 Å². The van der Waals surface area contributed by atoms with Crippen molar-refractivity contribution in [2.75, 3.05) is 58.1 Å². The van der Waals surface area contributed by atoms with Crippen LogP contribution in [0.15, 0.2) is 113 Å². The zero-order valence-corrected chi connectivity index (χ0v) is 52.5. The molecule has 86 heavy (non-hydrogen) atoms. The van der Waals surface area contributed by atoms with E-state index in [1.807, 2.05) is 13.1 Å². The molecule has 3 aromatic carbocycles. The number of benzene rings is 3. The van der Waals surface area contributed by atoms with Crippen molar-refractivity contribution in [2.24, 2.45) is 68.7 Å². The van der Waals surface area contributed by atoms with Crippen molar-refractivity contribution in [3.63, 3.8) is 0 Å². The number of guanidine groups is 1. The van der Waals surface area contributed by atoms with Crippen LogP contribution < -0.4 is 42.8 Å². The molecule has 4 saturated carbocycles. The maximum Gasteiger partial charge on any atom is 0.189 e. The van der Waals surface area contributed by atoms with Crippen molar-refractivity contribution in [2.45, 2.75) is 147 Å². The number of rotatable bonds is 13. The number of carbonyl (C=O) groups excluding carboxylic acids is 2. The number of aliphatic hydroxyl groups excluding tert-OH is 2. The van der Waals surface area contributed by atoms with Gasteiger partial charge in [-0.15, -0.1) is 0 Å². The maximum absolute atomic E-state index is 14.6. The van der Waals surface area contributed by atoms with Crippen LogP contribution >= 0.6 is 21.6 Å². The first kappa shape index (κ1) is 62.7. The number of hydrogen-bond donors (Lipinski definition) is 10. The number of phenolic OH excluding ortho intramolecular Hbond substituents is 1. The molecule has 5 heterocycles.